The van der Waals surface area contributed by atoms with E-state index in [4.69, 9.17) is 35.3 Å². The zero-order valence-electron chi connectivity index (χ0n) is 24.6. The Balaban J connectivity index is 1.66. The summed E-state index contributed by atoms with van der Waals surface area (Å²) in [6.07, 6.45) is -4.94. The predicted octanol–water partition coefficient (Wildman–Crippen LogP) is 5.89. The molecule has 0 bridgehead atoms. The van der Waals surface area contributed by atoms with Gasteiger partial charge in [0.25, 0.3) is 5.92 Å². The molecule has 44 heavy (non-hydrogen) atoms. The molecule has 0 spiro atoms. The zero-order chi connectivity index (χ0) is 32.2. The fraction of sp³-hybridized carbons (Fsp3) is 0.438. The molecule has 0 radical (unpaired) electrons. The Morgan fingerprint density at radius 3 is 2.00 bits per heavy atom. The monoisotopic (exact) mass is 634 g/mol. The summed E-state index contributed by atoms with van der Waals surface area (Å²) in [6, 6.07) is 12.5. The van der Waals surface area contributed by atoms with Crippen LogP contribution in [0.4, 0.5) is 8.78 Å². The quantitative estimate of drug-likeness (QED) is 0.259. The average molecular weight is 635 g/mol. The number of hydrogen-bond donors (Lipinski definition) is 0. The van der Waals surface area contributed by atoms with E-state index in [0.717, 1.165) is 44.4 Å². The summed E-state index contributed by atoms with van der Waals surface area (Å²) >= 11 is 6.56. The van der Waals surface area contributed by atoms with E-state index in [1.807, 2.05) is 24.3 Å². The van der Waals surface area contributed by atoms with Gasteiger partial charge in [-0.25, -0.2) is 8.78 Å². The molecule has 2 aromatic carbocycles. The molecule has 1 unspecified atom stereocenters. The van der Waals surface area contributed by atoms with E-state index in [1.54, 1.807) is 24.3 Å². The minimum absolute atomic E-state index is 0.182. The smallest absolute Gasteiger partial charge is 0.305 e. The second-order valence-electron chi connectivity index (χ2n) is 10.8. The van der Waals surface area contributed by atoms with E-state index in [1.165, 1.54) is 0 Å². The van der Waals surface area contributed by atoms with Crippen molar-refractivity contribution in [3.8, 4) is 0 Å². The van der Waals surface area contributed by atoms with E-state index in [0.29, 0.717) is 29.0 Å². The van der Waals surface area contributed by atoms with Gasteiger partial charge in [-0.3, -0.25) is 19.2 Å². The molecule has 1 fully saturated rings. The van der Waals surface area contributed by atoms with E-state index in [9.17, 15) is 28.0 Å². The van der Waals surface area contributed by atoms with E-state index in [2.05, 4.69) is 0 Å². The molecule has 1 aliphatic carbocycles. The van der Waals surface area contributed by atoms with Gasteiger partial charge in [-0.05, 0) is 46.7 Å². The van der Waals surface area contributed by atoms with Crippen molar-refractivity contribution in [1.82, 2.24) is 0 Å². The maximum atomic E-state index is 13.6. The van der Waals surface area contributed by atoms with Crippen LogP contribution in [0, 0.1) is 0 Å². The molecule has 5 atom stereocenters. The van der Waals surface area contributed by atoms with Crippen LogP contribution in [-0.4, -0.2) is 54.4 Å². The first-order valence-electron chi connectivity index (χ1n) is 14.0. The van der Waals surface area contributed by atoms with Crippen LogP contribution in [0.1, 0.15) is 75.3 Å². The van der Waals surface area contributed by atoms with Gasteiger partial charge in [-0.1, -0.05) is 54.1 Å². The molecule has 2 aromatic rings. The lowest BCUT2D eigenvalue weighted by atomic mass is 9.90. The summed E-state index contributed by atoms with van der Waals surface area (Å²) in [7, 11) is 0. The summed E-state index contributed by atoms with van der Waals surface area (Å²) in [5.74, 6) is -5.68. The summed E-state index contributed by atoms with van der Waals surface area (Å²) in [5.41, 5.74) is 3.77. The lowest BCUT2D eigenvalue weighted by Gasteiger charge is -2.44. The molecule has 0 amide bonds. The summed E-state index contributed by atoms with van der Waals surface area (Å²) in [5, 5.41) is 0.431. The van der Waals surface area contributed by atoms with Gasteiger partial charge < -0.3 is 23.7 Å². The maximum absolute atomic E-state index is 13.6. The lowest BCUT2D eigenvalue weighted by Crippen LogP contribution is -2.59. The van der Waals surface area contributed by atoms with E-state index >= 15 is 0 Å². The van der Waals surface area contributed by atoms with Crippen molar-refractivity contribution in [2.24, 2.45) is 0 Å². The normalized spacial score (nSPS) is 24.4. The summed E-state index contributed by atoms with van der Waals surface area (Å²) < 4.78 is 54.8. The van der Waals surface area contributed by atoms with Crippen LogP contribution in [0.5, 0.6) is 0 Å². The molecular formula is C32H33ClF2O9. The number of esters is 4. The molecular weight excluding hydrogens is 602 g/mol. The van der Waals surface area contributed by atoms with Gasteiger partial charge in [0.1, 0.15) is 6.10 Å². The molecule has 0 saturated carbocycles. The molecule has 12 heteroatoms. The Hall–Kier alpha value is -3.83. The number of hydrogen-bond acceptors (Lipinski definition) is 9. The van der Waals surface area contributed by atoms with Gasteiger partial charge in [0.2, 0.25) is 12.4 Å². The first-order valence-corrected chi connectivity index (χ1v) is 14.4. The number of benzene rings is 2. The third kappa shape index (κ3) is 8.41. The molecule has 1 heterocycles. The molecule has 1 aliphatic heterocycles. The fourth-order valence-electron chi connectivity index (χ4n) is 5.32. The van der Waals surface area contributed by atoms with Crippen LogP contribution >= 0.6 is 11.6 Å². The maximum Gasteiger partial charge on any atom is 0.305 e. The Bertz CT molecular complexity index is 1440. The Kier molecular flexibility index (Phi) is 10.4. The number of halogens is 3. The number of carbonyl (C=O) groups is 4. The third-order valence-electron chi connectivity index (χ3n) is 7.21. The molecule has 1 saturated heterocycles. The SMILES string of the molecule is CC(=O)OC1O[C@@H](c2ccc(Cl)c(Cc3ccc(C4=CCC(F)(F)CC4)cc3)c2)[C@H](OC(C)=O)[C@@H](OC(C)=O)[C@@H]1OC(C)=O. The number of rotatable bonds is 8. The minimum atomic E-state index is -2.67. The van der Waals surface area contributed by atoms with E-state index in [-0.39, 0.29) is 12.8 Å². The Morgan fingerprint density at radius 1 is 0.841 bits per heavy atom. The van der Waals surface area contributed by atoms with Crippen LogP contribution in [0.25, 0.3) is 5.57 Å². The van der Waals surface area contributed by atoms with Crippen molar-refractivity contribution in [2.75, 3.05) is 0 Å². The second-order valence-corrected chi connectivity index (χ2v) is 11.2. The molecule has 9 nitrogen and oxygen atoms in total. The molecule has 0 N–H and O–H groups in total. The second kappa shape index (κ2) is 13.9. The molecule has 4 rings (SSSR count). The van der Waals surface area contributed by atoms with Crippen molar-refractivity contribution in [3.05, 3.63) is 75.8 Å². The largest absolute Gasteiger partial charge is 0.455 e. The van der Waals surface area contributed by atoms with Crippen LogP contribution in [0.15, 0.2) is 48.5 Å². The highest BCUT2D eigenvalue weighted by Crippen LogP contribution is 2.40. The highest BCUT2D eigenvalue weighted by atomic mass is 35.5. The number of carbonyl (C=O) groups excluding carboxylic acids is 4. The van der Waals surface area contributed by atoms with Gasteiger partial charge in [0, 0.05) is 45.6 Å². The first kappa shape index (κ1) is 33.1. The standard InChI is InChI=1S/C32H33ClF2O9/c1-17(36)40-28-27(44-31(43-20(4)39)30(42-19(3)38)29(28)41-18(2)37)24-9-10-26(33)25(16-24)15-21-5-7-22(8-6-21)23-11-13-32(34,35)14-12-23/h5-11,16,27-31H,12-15H2,1-4H3/t27-,28-,29+,30-,31?/m0/s1. The Morgan fingerprint density at radius 2 is 1.43 bits per heavy atom. The highest BCUT2D eigenvalue weighted by Gasteiger charge is 2.53. The van der Waals surface area contributed by atoms with Crippen molar-refractivity contribution < 1.29 is 51.6 Å². The van der Waals surface area contributed by atoms with E-state index < -0.39 is 60.5 Å². The zero-order valence-corrected chi connectivity index (χ0v) is 25.4. The van der Waals surface area contributed by atoms with Crippen molar-refractivity contribution in [2.45, 2.75) is 90.0 Å². The number of alkyl halides is 2. The van der Waals surface area contributed by atoms with Gasteiger partial charge >= 0.3 is 23.9 Å². The van der Waals surface area contributed by atoms with Crippen LogP contribution in [0.2, 0.25) is 5.02 Å². The van der Waals surface area contributed by atoms with Crippen LogP contribution < -0.4 is 0 Å². The number of allylic oxidation sites excluding steroid dienone is 2. The van der Waals surface area contributed by atoms with Crippen LogP contribution in [0.3, 0.4) is 0 Å². The van der Waals surface area contributed by atoms with Crippen molar-refractivity contribution in [3.63, 3.8) is 0 Å². The Labute approximate surface area is 258 Å². The highest BCUT2D eigenvalue weighted by molar-refractivity contribution is 6.31. The van der Waals surface area contributed by atoms with Gasteiger partial charge in [0.15, 0.2) is 12.2 Å². The van der Waals surface area contributed by atoms with Gasteiger partial charge in [-0.2, -0.15) is 0 Å². The topological polar surface area (TPSA) is 114 Å². The van der Waals surface area contributed by atoms with Gasteiger partial charge in [0.05, 0.1) is 0 Å². The molecule has 2 aliphatic rings. The van der Waals surface area contributed by atoms with Gasteiger partial charge in [-0.15, -0.1) is 0 Å². The number of ether oxygens (including phenoxy) is 5. The van der Waals surface area contributed by atoms with Crippen LogP contribution in [-0.2, 0) is 49.3 Å². The third-order valence-corrected chi connectivity index (χ3v) is 7.58. The first-order chi connectivity index (χ1) is 20.7. The minimum Gasteiger partial charge on any atom is -0.455 e. The molecule has 236 valence electrons. The molecule has 0 aromatic heterocycles. The summed E-state index contributed by atoms with van der Waals surface area (Å²) in [6.45, 7) is 4.54. The lowest BCUT2D eigenvalue weighted by molar-refractivity contribution is -0.298. The predicted molar refractivity (Wildman–Crippen MR) is 154 cm³/mol. The summed E-state index contributed by atoms with van der Waals surface area (Å²) in [4.78, 5) is 48.1. The fourth-order valence-corrected chi connectivity index (χ4v) is 5.51. The van der Waals surface area contributed by atoms with Crippen molar-refractivity contribution in [1.29, 1.82) is 0 Å². The average Bonchev–Trinajstić information content (AvgIpc) is 2.92. The van der Waals surface area contributed by atoms with Crippen molar-refractivity contribution >= 4 is 41.1 Å².